The predicted octanol–water partition coefficient (Wildman–Crippen LogP) is 3.45. The highest BCUT2D eigenvalue weighted by Crippen LogP contribution is 2.28. The molecule has 1 N–H and O–H groups in total. The quantitative estimate of drug-likeness (QED) is 0.917. The third-order valence-electron chi connectivity index (χ3n) is 2.99. The van der Waals surface area contributed by atoms with Crippen molar-refractivity contribution in [3.8, 4) is 5.88 Å². The number of aromatic nitrogens is 1. The largest absolute Gasteiger partial charge is 0.477 e. The van der Waals surface area contributed by atoms with Gasteiger partial charge in [0.15, 0.2) is 0 Å². The summed E-state index contributed by atoms with van der Waals surface area (Å²) in [4.78, 5) is 18.5. The van der Waals surface area contributed by atoms with Crippen LogP contribution in [-0.4, -0.2) is 31.6 Å². The van der Waals surface area contributed by atoms with Crippen molar-refractivity contribution in [2.75, 3.05) is 30.9 Å². The smallest absolute Gasteiger partial charge is 0.261 e. The zero-order valence-corrected chi connectivity index (χ0v) is 13.5. The van der Waals surface area contributed by atoms with Gasteiger partial charge in [-0.1, -0.05) is 11.6 Å². The molecule has 0 atom stereocenters. The van der Waals surface area contributed by atoms with Gasteiger partial charge in [0.25, 0.3) is 5.91 Å². The molecule has 0 radical (unpaired) electrons. The maximum atomic E-state index is 12.5. The van der Waals surface area contributed by atoms with Crippen LogP contribution >= 0.6 is 11.6 Å². The van der Waals surface area contributed by atoms with Crippen LogP contribution in [0, 0.1) is 0 Å². The molecule has 0 saturated heterocycles. The SMILES string of the molecule is CCOc1ncccc1C(=O)Nc1cc(Cl)ccc1N(C)C. The van der Waals surface area contributed by atoms with Crippen molar-refractivity contribution < 1.29 is 9.53 Å². The molecular formula is C16H18ClN3O2. The number of nitrogens with one attached hydrogen (secondary N) is 1. The zero-order valence-electron chi connectivity index (χ0n) is 12.8. The molecule has 0 unspecified atom stereocenters. The lowest BCUT2D eigenvalue weighted by Crippen LogP contribution is -2.18. The van der Waals surface area contributed by atoms with Gasteiger partial charge in [0, 0.05) is 25.3 Å². The molecule has 0 spiro atoms. The standard InChI is InChI=1S/C16H18ClN3O2/c1-4-22-16-12(6-5-9-18-16)15(21)19-13-10-11(17)7-8-14(13)20(2)3/h5-10H,4H2,1-3H3,(H,19,21). The first-order valence-electron chi connectivity index (χ1n) is 6.89. The van der Waals surface area contributed by atoms with Crippen molar-refractivity contribution in [2.45, 2.75) is 6.92 Å². The minimum absolute atomic E-state index is 0.290. The molecule has 0 fully saturated rings. The number of nitrogens with zero attached hydrogens (tertiary/aromatic N) is 2. The Bertz CT molecular complexity index is 674. The Morgan fingerprint density at radius 2 is 2.14 bits per heavy atom. The first kappa shape index (κ1) is 16.1. The van der Waals surface area contributed by atoms with Crippen molar-refractivity contribution in [1.82, 2.24) is 4.98 Å². The Hall–Kier alpha value is -2.27. The van der Waals surface area contributed by atoms with Gasteiger partial charge in [0.1, 0.15) is 5.56 Å². The Morgan fingerprint density at radius 3 is 2.82 bits per heavy atom. The monoisotopic (exact) mass is 319 g/mol. The third-order valence-corrected chi connectivity index (χ3v) is 3.22. The Balaban J connectivity index is 2.31. The van der Waals surface area contributed by atoms with E-state index in [-0.39, 0.29) is 5.91 Å². The molecule has 5 nitrogen and oxygen atoms in total. The number of amides is 1. The number of carbonyl (C=O) groups is 1. The number of halogens is 1. The zero-order chi connectivity index (χ0) is 16.1. The number of hydrogen-bond donors (Lipinski definition) is 1. The highest BCUT2D eigenvalue weighted by atomic mass is 35.5. The minimum Gasteiger partial charge on any atom is -0.477 e. The number of carbonyl (C=O) groups excluding carboxylic acids is 1. The van der Waals surface area contributed by atoms with Gasteiger partial charge in [-0.25, -0.2) is 4.98 Å². The fraction of sp³-hybridized carbons (Fsp3) is 0.250. The second-order valence-corrected chi connectivity index (χ2v) is 5.24. The van der Waals surface area contributed by atoms with Crippen LogP contribution in [0.5, 0.6) is 5.88 Å². The van der Waals surface area contributed by atoms with E-state index in [1.54, 1.807) is 30.5 Å². The second kappa shape index (κ2) is 7.13. The van der Waals surface area contributed by atoms with Gasteiger partial charge in [-0.2, -0.15) is 0 Å². The van der Waals surface area contributed by atoms with E-state index in [0.29, 0.717) is 28.8 Å². The van der Waals surface area contributed by atoms with Crippen molar-refractivity contribution in [3.63, 3.8) is 0 Å². The topological polar surface area (TPSA) is 54.5 Å². The van der Waals surface area contributed by atoms with Crippen LogP contribution in [0.2, 0.25) is 5.02 Å². The molecule has 0 aliphatic carbocycles. The molecule has 0 aliphatic heterocycles. The summed E-state index contributed by atoms with van der Waals surface area (Å²) in [5.41, 5.74) is 1.88. The molecule has 0 aliphatic rings. The summed E-state index contributed by atoms with van der Waals surface area (Å²) in [6, 6.07) is 8.72. The second-order valence-electron chi connectivity index (χ2n) is 4.80. The highest BCUT2D eigenvalue weighted by Gasteiger charge is 2.15. The molecule has 116 valence electrons. The summed E-state index contributed by atoms with van der Waals surface area (Å²) in [5.74, 6) is 0.0258. The normalized spacial score (nSPS) is 10.2. The van der Waals surface area contributed by atoms with Crippen LogP contribution < -0.4 is 15.0 Å². The molecule has 0 bridgehead atoms. The summed E-state index contributed by atoms with van der Waals surface area (Å²) in [6.45, 7) is 2.29. The number of benzene rings is 1. The van der Waals surface area contributed by atoms with E-state index >= 15 is 0 Å². The van der Waals surface area contributed by atoms with E-state index in [4.69, 9.17) is 16.3 Å². The van der Waals surface area contributed by atoms with E-state index in [1.807, 2.05) is 32.0 Å². The van der Waals surface area contributed by atoms with E-state index in [1.165, 1.54) is 0 Å². The van der Waals surface area contributed by atoms with Crippen LogP contribution in [0.1, 0.15) is 17.3 Å². The van der Waals surface area contributed by atoms with Crippen molar-refractivity contribution in [1.29, 1.82) is 0 Å². The van der Waals surface area contributed by atoms with E-state index in [2.05, 4.69) is 10.3 Å². The van der Waals surface area contributed by atoms with Crippen molar-refractivity contribution in [2.24, 2.45) is 0 Å². The van der Waals surface area contributed by atoms with E-state index < -0.39 is 0 Å². The number of rotatable bonds is 5. The number of hydrogen-bond acceptors (Lipinski definition) is 4. The maximum absolute atomic E-state index is 12.5. The van der Waals surface area contributed by atoms with Crippen molar-refractivity contribution >= 4 is 28.9 Å². The highest BCUT2D eigenvalue weighted by molar-refractivity contribution is 6.31. The fourth-order valence-corrected chi connectivity index (χ4v) is 2.18. The first-order chi connectivity index (χ1) is 10.5. The van der Waals surface area contributed by atoms with Gasteiger partial charge >= 0.3 is 0 Å². The first-order valence-corrected chi connectivity index (χ1v) is 7.26. The molecule has 0 saturated carbocycles. The molecule has 1 aromatic heterocycles. The molecule has 1 amide bonds. The molecule has 22 heavy (non-hydrogen) atoms. The molecule has 1 heterocycles. The van der Waals surface area contributed by atoms with Crippen LogP contribution in [0.15, 0.2) is 36.5 Å². The van der Waals surface area contributed by atoms with Crippen LogP contribution in [0.3, 0.4) is 0 Å². The number of ether oxygens (including phenoxy) is 1. The molecule has 1 aromatic carbocycles. The molecule has 6 heteroatoms. The van der Waals surface area contributed by atoms with E-state index in [0.717, 1.165) is 5.69 Å². The number of anilines is 2. The Kier molecular flexibility index (Phi) is 5.22. The van der Waals surface area contributed by atoms with Gasteiger partial charge in [-0.05, 0) is 37.3 Å². The Morgan fingerprint density at radius 1 is 1.36 bits per heavy atom. The van der Waals surface area contributed by atoms with Gasteiger partial charge in [-0.3, -0.25) is 4.79 Å². The van der Waals surface area contributed by atoms with Gasteiger partial charge in [0.2, 0.25) is 5.88 Å². The fourth-order valence-electron chi connectivity index (χ4n) is 2.00. The lowest BCUT2D eigenvalue weighted by atomic mass is 10.2. The predicted molar refractivity (Wildman–Crippen MR) is 89.1 cm³/mol. The maximum Gasteiger partial charge on any atom is 0.261 e. The molecule has 2 aromatic rings. The lowest BCUT2D eigenvalue weighted by Gasteiger charge is -2.18. The minimum atomic E-state index is -0.290. The lowest BCUT2D eigenvalue weighted by molar-refractivity contribution is 0.102. The third kappa shape index (κ3) is 3.68. The molecular weight excluding hydrogens is 302 g/mol. The summed E-state index contributed by atoms with van der Waals surface area (Å²) >= 11 is 6.03. The van der Waals surface area contributed by atoms with Gasteiger partial charge in [0.05, 0.1) is 18.0 Å². The van der Waals surface area contributed by atoms with Gasteiger partial charge in [-0.15, -0.1) is 0 Å². The average molecular weight is 320 g/mol. The van der Waals surface area contributed by atoms with Crippen LogP contribution in [0.4, 0.5) is 11.4 Å². The summed E-state index contributed by atoms with van der Waals surface area (Å²) < 4.78 is 5.39. The summed E-state index contributed by atoms with van der Waals surface area (Å²) in [7, 11) is 3.79. The van der Waals surface area contributed by atoms with Crippen LogP contribution in [0.25, 0.3) is 0 Å². The average Bonchev–Trinajstić information content (AvgIpc) is 2.47. The van der Waals surface area contributed by atoms with Gasteiger partial charge < -0.3 is 15.0 Å². The number of pyridine rings is 1. The van der Waals surface area contributed by atoms with Crippen LogP contribution in [-0.2, 0) is 0 Å². The molecule has 2 rings (SSSR count). The summed E-state index contributed by atoms with van der Waals surface area (Å²) in [6.07, 6.45) is 1.59. The van der Waals surface area contributed by atoms with E-state index in [9.17, 15) is 4.79 Å². The summed E-state index contributed by atoms with van der Waals surface area (Å²) in [5, 5.41) is 3.42. The Labute approximate surface area is 134 Å². The van der Waals surface area contributed by atoms with Crippen molar-refractivity contribution in [3.05, 3.63) is 47.1 Å².